The number of halogens is 1. The van der Waals surface area contributed by atoms with Crippen LogP contribution in [0.25, 0.3) is 0 Å². The van der Waals surface area contributed by atoms with Gasteiger partial charge in [-0.25, -0.2) is 0 Å². The molecule has 2 atom stereocenters. The average molecular weight is 353 g/mol. The second kappa shape index (κ2) is 5.72. The monoisotopic (exact) mass is 352 g/mol. The zero-order valence-electron chi connectivity index (χ0n) is 12.1. The predicted octanol–water partition coefficient (Wildman–Crippen LogP) is 5.22. The van der Waals surface area contributed by atoms with Crippen LogP contribution < -0.4 is 5.32 Å². The Bertz CT molecular complexity index is 543. The van der Waals surface area contributed by atoms with Crippen molar-refractivity contribution in [1.82, 2.24) is 0 Å². The van der Waals surface area contributed by atoms with Crippen LogP contribution >= 0.6 is 27.7 Å². The van der Waals surface area contributed by atoms with Crippen molar-refractivity contribution in [2.45, 2.75) is 45.1 Å². The molecule has 2 nitrogen and oxygen atoms in total. The molecule has 1 aromatic carbocycles. The Morgan fingerprint density at radius 3 is 3.05 bits per heavy atom. The highest BCUT2D eigenvalue weighted by atomic mass is 79.9. The van der Waals surface area contributed by atoms with Crippen LogP contribution in [0.3, 0.4) is 0 Å². The molecule has 20 heavy (non-hydrogen) atoms. The summed E-state index contributed by atoms with van der Waals surface area (Å²) in [6, 6.07) is 6.38. The summed E-state index contributed by atoms with van der Waals surface area (Å²) in [5.74, 6) is 1.97. The highest BCUT2D eigenvalue weighted by molar-refractivity contribution is 9.10. The summed E-state index contributed by atoms with van der Waals surface area (Å²) < 4.78 is 1.15. The summed E-state index contributed by atoms with van der Waals surface area (Å²) in [6.45, 7) is 4.47. The molecule has 0 bridgehead atoms. The fraction of sp³-hybridized carbons (Fsp3) is 0.562. The van der Waals surface area contributed by atoms with Gasteiger partial charge in [0, 0.05) is 15.9 Å². The molecule has 1 saturated carbocycles. The summed E-state index contributed by atoms with van der Waals surface area (Å²) in [5.41, 5.74) is 2.59. The highest BCUT2D eigenvalue weighted by Crippen LogP contribution is 2.42. The van der Waals surface area contributed by atoms with E-state index in [0.29, 0.717) is 0 Å². The highest BCUT2D eigenvalue weighted by Gasteiger charge is 2.39. The van der Waals surface area contributed by atoms with Gasteiger partial charge >= 0.3 is 0 Å². The molecular formula is C16H21BrN2S. The average Bonchev–Trinajstić information content (AvgIpc) is 2.76. The molecule has 108 valence electrons. The molecule has 0 saturated heterocycles. The van der Waals surface area contributed by atoms with E-state index in [-0.39, 0.29) is 5.54 Å². The Hall–Kier alpha value is -0.480. The van der Waals surface area contributed by atoms with Gasteiger partial charge in [0.2, 0.25) is 0 Å². The number of anilines is 1. The first-order valence-electron chi connectivity index (χ1n) is 7.32. The van der Waals surface area contributed by atoms with Crippen molar-refractivity contribution < 1.29 is 0 Å². The number of nitrogens with zero attached hydrogens (tertiary/aromatic N) is 1. The van der Waals surface area contributed by atoms with Crippen molar-refractivity contribution in [3.05, 3.63) is 28.2 Å². The predicted molar refractivity (Wildman–Crippen MR) is 92.8 cm³/mol. The number of nitrogens with one attached hydrogen (secondary N) is 1. The molecule has 1 heterocycles. The quantitative estimate of drug-likeness (QED) is 0.748. The smallest absolute Gasteiger partial charge is 0.161 e. The van der Waals surface area contributed by atoms with E-state index < -0.39 is 0 Å². The van der Waals surface area contributed by atoms with Gasteiger partial charge in [0.25, 0.3) is 0 Å². The minimum Gasteiger partial charge on any atom is -0.335 e. The fourth-order valence-electron chi connectivity index (χ4n) is 3.21. The van der Waals surface area contributed by atoms with Crippen LogP contribution in [-0.4, -0.2) is 16.5 Å². The molecule has 1 aromatic rings. The molecule has 4 heteroatoms. The summed E-state index contributed by atoms with van der Waals surface area (Å²) >= 11 is 5.46. The van der Waals surface area contributed by atoms with Gasteiger partial charge in [0.1, 0.15) is 0 Å². The van der Waals surface area contributed by atoms with Crippen LogP contribution in [0.1, 0.15) is 38.2 Å². The third-order valence-electron chi connectivity index (χ3n) is 4.31. The van der Waals surface area contributed by atoms with E-state index in [4.69, 9.17) is 4.99 Å². The lowest BCUT2D eigenvalue weighted by atomic mass is 9.78. The zero-order valence-corrected chi connectivity index (χ0v) is 14.5. The second-order valence-corrected chi connectivity index (χ2v) is 8.04. The van der Waals surface area contributed by atoms with Gasteiger partial charge in [0.15, 0.2) is 5.17 Å². The summed E-state index contributed by atoms with van der Waals surface area (Å²) in [7, 11) is 0. The van der Waals surface area contributed by atoms with Gasteiger partial charge < -0.3 is 5.32 Å². The van der Waals surface area contributed by atoms with Crippen molar-refractivity contribution >= 4 is 38.5 Å². The zero-order chi connectivity index (χ0) is 14.2. The van der Waals surface area contributed by atoms with Crippen LogP contribution in [0.5, 0.6) is 0 Å². The lowest BCUT2D eigenvalue weighted by Gasteiger charge is -2.33. The molecule has 1 N–H and O–H groups in total. The maximum atomic E-state index is 5.03. The van der Waals surface area contributed by atoms with E-state index in [0.717, 1.165) is 27.0 Å². The largest absolute Gasteiger partial charge is 0.335 e. The standard InChI is InChI=1S/C16H21BrN2S/c1-11-4-3-7-16(9-11)10-20-15(19-16)18-13-6-5-12(2)14(17)8-13/h5-6,8,11H,3-4,7,9-10H2,1-2H3,(H,18,19). The summed E-state index contributed by atoms with van der Waals surface area (Å²) in [5, 5.41) is 4.57. The van der Waals surface area contributed by atoms with E-state index in [1.807, 2.05) is 11.8 Å². The van der Waals surface area contributed by atoms with E-state index in [1.54, 1.807) is 0 Å². The van der Waals surface area contributed by atoms with E-state index in [2.05, 4.69) is 53.3 Å². The van der Waals surface area contributed by atoms with Crippen LogP contribution in [0.4, 0.5) is 5.69 Å². The van der Waals surface area contributed by atoms with Crippen molar-refractivity contribution in [3.63, 3.8) is 0 Å². The molecule has 0 aromatic heterocycles. The van der Waals surface area contributed by atoms with Crippen molar-refractivity contribution in [2.75, 3.05) is 11.1 Å². The van der Waals surface area contributed by atoms with Crippen LogP contribution in [0.2, 0.25) is 0 Å². The summed E-state index contributed by atoms with van der Waals surface area (Å²) in [6.07, 6.45) is 5.21. The Labute approximate surface area is 134 Å². The van der Waals surface area contributed by atoms with Gasteiger partial charge in [-0.05, 0) is 43.4 Å². The first-order chi connectivity index (χ1) is 9.56. The summed E-state index contributed by atoms with van der Waals surface area (Å²) in [4.78, 5) is 5.03. The number of hydrogen-bond donors (Lipinski definition) is 1. The van der Waals surface area contributed by atoms with Gasteiger partial charge in [-0.2, -0.15) is 0 Å². The van der Waals surface area contributed by atoms with Crippen LogP contribution in [0.15, 0.2) is 27.7 Å². The first kappa shape index (κ1) is 14.5. The lowest BCUT2D eigenvalue weighted by molar-refractivity contribution is 0.266. The Balaban J connectivity index is 1.73. The lowest BCUT2D eigenvalue weighted by Crippen LogP contribution is -2.33. The molecule has 0 amide bonds. The molecule has 1 fully saturated rings. The normalized spacial score (nSPS) is 29.6. The minimum absolute atomic E-state index is 0.215. The number of thioether (sulfide) groups is 1. The molecular weight excluding hydrogens is 332 g/mol. The minimum atomic E-state index is 0.215. The molecule has 1 aliphatic carbocycles. The van der Waals surface area contributed by atoms with E-state index in [1.165, 1.54) is 31.2 Å². The van der Waals surface area contributed by atoms with Gasteiger partial charge in [-0.1, -0.05) is 53.5 Å². The molecule has 1 spiro atoms. The van der Waals surface area contributed by atoms with Crippen LogP contribution in [0, 0.1) is 12.8 Å². The van der Waals surface area contributed by atoms with E-state index >= 15 is 0 Å². The number of amidine groups is 1. The number of benzene rings is 1. The first-order valence-corrected chi connectivity index (χ1v) is 9.10. The Kier molecular flexibility index (Phi) is 4.14. The number of aliphatic imine (C=N–C) groups is 1. The maximum Gasteiger partial charge on any atom is 0.161 e. The molecule has 2 unspecified atom stereocenters. The number of rotatable bonds is 1. The maximum absolute atomic E-state index is 5.03. The second-order valence-electron chi connectivity index (χ2n) is 6.22. The number of aryl methyl sites for hydroxylation is 1. The molecule has 3 rings (SSSR count). The SMILES string of the molecule is Cc1ccc(NC2=NC3(CCCC(C)C3)CS2)cc1Br. The van der Waals surface area contributed by atoms with Crippen molar-refractivity contribution in [1.29, 1.82) is 0 Å². The molecule has 0 radical (unpaired) electrons. The molecule has 2 aliphatic rings. The molecule has 1 aliphatic heterocycles. The topological polar surface area (TPSA) is 24.4 Å². The third-order valence-corrected chi connectivity index (χ3v) is 6.31. The fourth-order valence-corrected chi connectivity index (χ4v) is 4.76. The van der Waals surface area contributed by atoms with Gasteiger partial charge in [-0.15, -0.1) is 0 Å². The van der Waals surface area contributed by atoms with E-state index in [9.17, 15) is 0 Å². The third kappa shape index (κ3) is 3.06. The van der Waals surface area contributed by atoms with Crippen LogP contribution in [-0.2, 0) is 0 Å². The van der Waals surface area contributed by atoms with Crippen molar-refractivity contribution in [3.8, 4) is 0 Å². The number of hydrogen-bond acceptors (Lipinski definition) is 3. The van der Waals surface area contributed by atoms with Crippen molar-refractivity contribution in [2.24, 2.45) is 10.9 Å². The Morgan fingerprint density at radius 1 is 1.45 bits per heavy atom. The van der Waals surface area contributed by atoms with Gasteiger partial charge in [-0.3, -0.25) is 4.99 Å². The Morgan fingerprint density at radius 2 is 2.30 bits per heavy atom. The van der Waals surface area contributed by atoms with Gasteiger partial charge in [0.05, 0.1) is 5.54 Å².